The maximum Gasteiger partial charge on any atom is 0.407 e. The first kappa shape index (κ1) is 19.9. The van der Waals surface area contributed by atoms with Crippen LogP contribution in [0, 0.1) is 0 Å². The molecule has 0 aliphatic heterocycles. The van der Waals surface area contributed by atoms with E-state index in [0.29, 0.717) is 0 Å². The van der Waals surface area contributed by atoms with Crippen LogP contribution in [-0.2, 0) is 19.1 Å². The van der Waals surface area contributed by atoms with Gasteiger partial charge in [-0.1, -0.05) is 48.5 Å². The topological polar surface area (TPSA) is 81.7 Å². The molecule has 0 heterocycles. The monoisotopic (exact) mass is 401 g/mol. The van der Waals surface area contributed by atoms with E-state index in [4.69, 9.17) is 16.3 Å². The number of benzene rings is 2. The molecule has 28 heavy (non-hydrogen) atoms. The zero-order valence-corrected chi connectivity index (χ0v) is 16.1. The SMILES string of the molecule is COC(=O)CC[C@H](NC(=O)OCC1c2ccccc2-c2ccccc21)C(=O)Cl. The van der Waals surface area contributed by atoms with Gasteiger partial charge in [0.15, 0.2) is 0 Å². The molecule has 0 saturated heterocycles. The largest absolute Gasteiger partial charge is 0.469 e. The second-order valence-electron chi connectivity index (χ2n) is 6.44. The van der Waals surface area contributed by atoms with Crippen molar-refractivity contribution in [1.82, 2.24) is 5.32 Å². The van der Waals surface area contributed by atoms with Gasteiger partial charge >= 0.3 is 12.1 Å². The number of alkyl carbamates (subject to hydrolysis) is 1. The molecule has 6 nitrogen and oxygen atoms in total. The first-order chi connectivity index (χ1) is 13.5. The zero-order valence-electron chi connectivity index (χ0n) is 15.3. The van der Waals surface area contributed by atoms with Gasteiger partial charge in [-0.2, -0.15) is 0 Å². The van der Waals surface area contributed by atoms with Crippen LogP contribution >= 0.6 is 11.6 Å². The maximum absolute atomic E-state index is 12.2. The molecule has 1 aliphatic rings. The number of nitrogens with one attached hydrogen (secondary N) is 1. The molecule has 0 saturated carbocycles. The highest BCUT2D eigenvalue weighted by atomic mass is 35.5. The van der Waals surface area contributed by atoms with Gasteiger partial charge in [-0.25, -0.2) is 4.79 Å². The van der Waals surface area contributed by atoms with Crippen molar-refractivity contribution in [3.8, 4) is 11.1 Å². The van der Waals surface area contributed by atoms with Crippen LogP contribution in [0.1, 0.15) is 29.9 Å². The van der Waals surface area contributed by atoms with Crippen LogP contribution in [0.25, 0.3) is 11.1 Å². The van der Waals surface area contributed by atoms with Gasteiger partial charge < -0.3 is 14.8 Å². The molecule has 1 aliphatic carbocycles. The first-order valence-electron chi connectivity index (χ1n) is 8.89. The van der Waals surface area contributed by atoms with E-state index in [2.05, 4.69) is 10.1 Å². The molecule has 2 aromatic rings. The molecule has 1 N–H and O–H groups in total. The minimum Gasteiger partial charge on any atom is -0.469 e. The Hall–Kier alpha value is -2.86. The summed E-state index contributed by atoms with van der Waals surface area (Å²) in [5.41, 5.74) is 4.43. The fourth-order valence-electron chi connectivity index (χ4n) is 3.39. The number of halogens is 1. The lowest BCUT2D eigenvalue weighted by Crippen LogP contribution is -2.40. The van der Waals surface area contributed by atoms with Gasteiger partial charge in [-0.15, -0.1) is 0 Å². The van der Waals surface area contributed by atoms with E-state index in [1.54, 1.807) is 0 Å². The molecule has 1 atom stereocenters. The van der Waals surface area contributed by atoms with Crippen LogP contribution in [0.4, 0.5) is 4.79 Å². The van der Waals surface area contributed by atoms with Crippen molar-refractivity contribution in [3.05, 3.63) is 59.7 Å². The molecule has 0 aromatic heterocycles. The van der Waals surface area contributed by atoms with Gasteiger partial charge in [0.05, 0.1) is 7.11 Å². The fraction of sp³-hybridized carbons (Fsp3) is 0.286. The zero-order chi connectivity index (χ0) is 20.1. The van der Waals surface area contributed by atoms with Crippen molar-refractivity contribution in [2.75, 3.05) is 13.7 Å². The number of fused-ring (bicyclic) bond motifs is 3. The van der Waals surface area contributed by atoms with Gasteiger partial charge in [0.2, 0.25) is 5.24 Å². The molecular weight excluding hydrogens is 382 g/mol. The predicted octanol–water partition coefficient (Wildman–Crippen LogP) is 3.61. The predicted molar refractivity (Wildman–Crippen MR) is 104 cm³/mol. The van der Waals surface area contributed by atoms with Crippen LogP contribution in [0.3, 0.4) is 0 Å². The average Bonchev–Trinajstić information content (AvgIpc) is 3.03. The van der Waals surface area contributed by atoms with Gasteiger partial charge in [-0.05, 0) is 40.3 Å². The molecule has 0 unspecified atom stereocenters. The number of esters is 1. The summed E-state index contributed by atoms with van der Waals surface area (Å²) in [6.07, 6.45) is -0.756. The summed E-state index contributed by atoms with van der Waals surface area (Å²) in [5.74, 6) is -0.573. The lowest BCUT2D eigenvalue weighted by molar-refractivity contribution is -0.140. The summed E-state index contributed by atoms with van der Waals surface area (Å²) in [7, 11) is 1.25. The number of rotatable bonds is 7. The quantitative estimate of drug-likeness (QED) is 0.566. The third-order valence-electron chi connectivity index (χ3n) is 4.77. The number of hydrogen-bond donors (Lipinski definition) is 1. The molecule has 1 amide bonds. The number of carbonyl (C=O) groups excluding carboxylic acids is 3. The normalized spacial score (nSPS) is 13.2. The maximum atomic E-state index is 12.2. The van der Waals surface area contributed by atoms with Crippen molar-refractivity contribution in [3.63, 3.8) is 0 Å². The first-order valence-corrected chi connectivity index (χ1v) is 9.26. The van der Waals surface area contributed by atoms with E-state index >= 15 is 0 Å². The van der Waals surface area contributed by atoms with Crippen LogP contribution in [0.5, 0.6) is 0 Å². The summed E-state index contributed by atoms with van der Waals surface area (Å²) < 4.78 is 9.91. The van der Waals surface area contributed by atoms with E-state index in [-0.39, 0.29) is 25.4 Å². The van der Waals surface area contributed by atoms with Crippen LogP contribution in [-0.4, -0.2) is 37.1 Å². The van der Waals surface area contributed by atoms with E-state index < -0.39 is 23.3 Å². The summed E-state index contributed by atoms with van der Waals surface area (Å²) in [6, 6.07) is 15.0. The summed E-state index contributed by atoms with van der Waals surface area (Å²) in [5, 5.41) is 1.65. The highest BCUT2D eigenvalue weighted by Gasteiger charge is 2.29. The number of hydrogen-bond acceptors (Lipinski definition) is 5. The highest BCUT2D eigenvalue weighted by molar-refractivity contribution is 6.64. The molecule has 0 spiro atoms. The van der Waals surface area contributed by atoms with E-state index in [1.165, 1.54) is 7.11 Å². The summed E-state index contributed by atoms with van der Waals surface area (Å²) >= 11 is 5.51. The van der Waals surface area contributed by atoms with E-state index in [1.807, 2.05) is 48.5 Å². The van der Waals surface area contributed by atoms with Crippen LogP contribution in [0.2, 0.25) is 0 Å². The minimum absolute atomic E-state index is 0.0384. The lowest BCUT2D eigenvalue weighted by atomic mass is 9.98. The Morgan fingerprint density at radius 3 is 2.14 bits per heavy atom. The Morgan fingerprint density at radius 1 is 1.04 bits per heavy atom. The van der Waals surface area contributed by atoms with Gasteiger partial charge in [0.25, 0.3) is 0 Å². The molecular formula is C21H20ClNO5. The molecule has 0 fully saturated rings. The smallest absolute Gasteiger partial charge is 0.407 e. The highest BCUT2D eigenvalue weighted by Crippen LogP contribution is 2.44. The lowest BCUT2D eigenvalue weighted by Gasteiger charge is -2.17. The van der Waals surface area contributed by atoms with Crippen LogP contribution < -0.4 is 5.32 Å². The van der Waals surface area contributed by atoms with Crippen molar-refractivity contribution < 1.29 is 23.9 Å². The standard InChI is InChI=1S/C21H20ClNO5/c1-27-19(24)11-10-18(20(22)25)23-21(26)28-12-17-15-8-4-2-6-13(15)14-7-3-5-9-16(14)17/h2-9,17-18H,10-12H2,1H3,(H,23,26)/t18-/m0/s1. The van der Waals surface area contributed by atoms with Gasteiger partial charge in [0, 0.05) is 12.3 Å². The Morgan fingerprint density at radius 2 is 1.61 bits per heavy atom. The summed E-state index contributed by atoms with van der Waals surface area (Å²) in [6.45, 7) is 0.125. The molecule has 0 radical (unpaired) electrons. The van der Waals surface area contributed by atoms with Crippen LogP contribution in [0.15, 0.2) is 48.5 Å². The van der Waals surface area contributed by atoms with Gasteiger partial charge in [-0.3, -0.25) is 9.59 Å². The molecule has 146 valence electrons. The fourth-order valence-corrected chi connectivity index (χ4v) is 3.55. The van der Waals surface area contributed by atoms with Gasteiger partial charge in [0.1, 0.15) is 12.6 Å². The Bertz CT molecular complexity index is 852. The number of ether oxygens (including phenoxy) is 2. The molecule has 2 aromatic carbocycles. The molecule has 7 heteroatoms. The minimum atomic E-state index is -1.02. The second kappa shape index (κ2) is 8.89. The number of carbonyl (C=O) groups is 3. The average molecular weight is 402 g/mol. The van der Waals surface area contributed by atoms with E-state index in [0.717, 1.165) is 22.3 Å². The second-order valence-corrected chi connectivity index (χ2v) is 6.81. The third-order valence-corrected chi connectivity index (χ3v) is 5.04. The number of amides is 1. The number of methoxy groups -OCH3 is 1. The molecule has 0 bridgehead atoms. The Kier molecular flexibility index (Phi) is 6.31. The Balaban J connectivity index is 1.64. The van der Waals surface area contributed by atoms with Crippen molar-refractivity contribution in [2.24, 2.45) is 0 Å². The van der Waals surface area contributed by atoms with Crippen molar-refractivity contribution in [1.29, 1.82) is 0 Å². The Labute approximate surface area is 167 Å². The third kappa shape index (κ3) is 4.34. The molecule has 3 rings (SSSR count). The van der Waals surface area contributed by atoms with Crippen molar-refractivity contribution in [2.45, 2.75) is 24.8 Å². The van der Waals surface area contributed by atoms with Crippen molar-refractivity contribution >= 4 is 28.9 Å². The summed E-state index contributed by atoms with van der Waals surface area (Å²) in [4.78, 5) is 34.9. The van der Waals surface area contributed by atoms with E-state index in [9.17, 15) is 14.4 Å².